The summed E-state index contributed by atoms with van der Waals surface area (Å²) < 4.78 is 12.1. The lowest BCUT2D eigenvalue weighted by Crippen LogP contribution is -2.42. The molecule has 0 saturated carbocycles. The van der Waals surface area contributed by atoms with Crippen molar-refractivity contribution >= 4 is 17.6 Å². The molecule has 0 radical (unpaired) electrons. The maximum Gasteiger partial charge on any atom is 0.254 e. The molecule has 0 fully saturated rings. The quantitative estimate of drug-likeness (QED) is 0.749. The van der Waals surface area contributed by atoms with Gasteiger partial charge in [-0.2, -0.15) is 5.10 Å². The first-order valence-electron chi connectivity index (χ1n) is 9.84. The number of aromatic nitrogens is 2. The van der Waals surface area contributed by atoms with Crippen molar-refractivity contribution < 1.29 is 19.1 Å². The van der Waals surface area contributed by atoms with E-state index in [9.17, 15) is 9.59 Å². The molecule has 1 N–H and O–H groups in total. The Kier molecular flexibility index (Phi) is 7.12. The maximum absolute atomic E-state index is 13.1. The number of anilines is 1. The molecule has 8 nitrogen and oxygen atoms in total. The highest BCUT2D eigenvalue weighted by molar-refractivity contribution is 5.99. The van der Waals surface area contributed by atoms with Crippen LogP contribution in [-0.2, 0) is 17.3 Å². The Morgan fingerprint density at radius 3 is 2.10 bits per heavy atom. The summed E-state index contributed by atoms with van der Waals surface area (Å²) in [5, 5.41) is 7.32. The minimum Gasteiger partial charge on any atom is -0.497 e. The largest absolute Gasteiger partial charge is 0.497 e. The van der Waals surface area contributed by atoms with Gasteiger partial charge in [-0.3, -0.25) is 14.3 Å². The average Bonchev–Trinajstić information content (AvgIpc) is 3.05. The molecule has 8 heteroatoms. The number of hydrogen-bond donors (Lipinski definition) is 1. The lowest BCUT2D eigenvalue weighted by Gasteiger charge is -2.26. The monoisotopic (exact) mass is 416 g/mol. The van der Waals surface area contributed by atoms with Gasteiger partial charge in [-0.15, -0.1) is 0 Å². The number of amides is 2. The van der Waals surface area contributed by atoms with Gasteiger partial charge in [-0.25, -0.2) is 0 Å². The molecular weight excluding hydrogens is 384 g/mol. The van der Waals surface area contributed by atoms with Gasteiger partial charge in [-0.1, -0.05) is 20.8 Å². The van der Waals surface area contributed by atoms with Crippen molar-refractivity contribution in [2.75, 3.05) is 26.1 Å². The molecule has 0 unspecified atom stereocenters. The lowest BCUT2D eigenvalue weighted by molar-refractivity contribution is -0.117. The van der Waals surface area contributed by atoms with E-state index in [1.807, 2.05) is 19.9 Å². The van der Waals surface area contributed by atoms with Crippen LogP contribution in [0.25, 0.3) is 0 Å². The number of hydrogen-bond acceptors (Lipinski definition) is 5. The molecule has 2 aromatic rings. The number of aryl methyl sites for hydroxylation is 1. The molecule has 30 heavy (non-hydrogen) atoms. The number of nitrogens with zero attached hydrogens (tertiary/aromatic N) is 3. The molecule has 0 bridgehead atoms. The molecule has 1 aromatic carbocycles. The van der Waals surface area contributed by atoms with E-state index in [1.165, 1.54) is 19.1 Å². The fraction of sp³-hybridized carbons (Fsp3) is 0.500. The van der Waals surface area contributed by atoms with Crippen molar-refractivity contribution in [1.29, 1.82) is 0 Å². The summed E-state index contributed by atoms with van der Waals surface area (Å²) in [6.07, 6.45) is 0. The van der Waals surface area contributed by atoms with E-state index in [0.29, 0.717) is 22.9 Å². The van der Waals surface area contributed by atoms with E-state index in [2.05, 4.69) is 31.2 Å². The van der Waals surface area contributed by atoms with Crippen molar-refractivity contribution in [2.45, 2.75) is 46.1 Å². The van der Waals surface area contributed by atoms with Gasteiger partial charge >= 0.3 is 0 Å². The molecule has 0 aliphatic heterocycles. The number of carbonyl (C=O) groups excluding carboxylic acids is 2. The van der Waals surface area contributed by atoms with Gasteiger partial charge < -0.3 is 19.7 Å². The summed E-state index contributed by atoms with van der Waals surface area (Å²) in [7, 11) is 4.83. The highest BCUT2D eigenvalue weighted by Crippen LogP contribution is 2.25. The third-order valence-corrected chi connectivity index (χ3v) is 4.71. The molecule has 2 rings (SSSR count). The Morgan fingerprint density at radius 1 is 1.10 bits per heavy atom. The normalized spacial score (nSPS) is 11.4. The van der Waals surface area contributed by atoms with Crippen LogP contribution in [0.3, 0.4) is 0 Å². The first-order chi connectivity index (χ1) is 14.0. The summed E-state index contributed by atoms with van der Waals surface area (Å²) >= 11 is 0. The predicted molar refractivity (Wildman–Crippen MR) is 116 cm³/mol. The van der Waals surface area contributed by atoms with Crippen molar-refractivity contribution in [3.8, 4) is 11.5 Å². The van der Waals surface area contributed by atoms with Crippen LogP contribution in [0.2, 0.25) is 0 Å². The number of ether oxygens (including phenoxy) is 2. The third kappa shape index (κ3) is 5.52. The standard InChI is InChI=1S/C22H32N4O4/c1-14(2)26(21(28)15-9-16(29-7)11-17(10-15)30-8)13-20(27)23-19-12-18(22(3,4)5)24-25(19)6/h9-12,14H,13H2,1-8H3,(H,23,27). The highest BCUT2D eigenvalue weighted by Gasteiger charge is 2.24. The highest BCUT2D eigenvalue weighted by atomic mass is 16.5. The van der Waals surface area contributed by atoms with Crippen LogP contribution in [0.5, 0.6) is 11.5 Å². The minimum atomic E-state index is -0.296. The third-order valence-electron chi connectivity index (χ3n) is 4.71. The maximum atomic E-state index is 13.1. The average molecular weight is 417 g/mol. The van der Waals surface area contributed by atoms with Crippen molar-refractivity contribution in [2.24, 2.45) is 7.05 Å². The van der Waals surface area contributed by atoms with Crippen LogP contribution >= 0.6 is 0 Å². The SMILES string of the molecule is COc1cc(OC)cc(C(=O)N(CC(=O)Nc2cc(C(C)(C)C)nn2C)C(C)C)c1. The van der Waals surface area contributed by atoms with Gasteiger partial charge in [0.25, 0.3) is 5.91 Å². The summed E-state index contributed by atoms with van der Waals surface area (Å²) in [6.45, 7) is 9.81. The van der Waals surface area contributed by atoms with E-state index in [-0.39, 0.29) is 29.8 Å². The fourth-order valence-corrected chi connectivity index (χ4v) is 2.87. The Bertz CT molecular complexity index is 890. The number of methoxy groups -OCH3 is 2. The zero-order valence-electron chi connectivity index (χ0n) is 19.1. The van der Waals surface area contributed by atoms with Gasteiger partial charge in [-0.05, 0) is 26.0 Å². The van der Waals surface area contributed by atoms with E-state index in [0.717, 1.165) is 5.69 Å². The molecule has 0 saturated heterocycles. The molecule has 1 heterocycles. The summed E-state index contributed by atoms with van der Waals surface area (Å²) in [6, 6.07) is 6.63. The predicted octanol–water partition coefficient (Wildman–Crippen LogP) is 3.22. The second kappa shape index (κ2) is 9.19. The Labute approximate surface area is 178 Å². The molecular formula is C22H32N4O4. The van der Waals surface area contributed by atoms with Crippen LogP contribution in [0.4, 0.5) is 5.82 Å². The summed E-state index contributed by atoms with van der Waals surface area (Å²) in [5.74, 6) is 1.03. The van der Waals surface area contributed by atoms with Crippen LogP contribution in [0.1, 0.15) is 50.7 Å². The number of rotatable bonds is 7. The van der Waals surface area contributed by atoms with Crippen molar-refractivity contribution in [1.82, 2.24) is 14.7 Å². The molecule has 1 aromatic heterocycles. The zero-order chi connectivity index (χ0) is 22.6. The van der Waals surface area contributed by atoms with Crippen LogP contribution in [0.15, 0.2) is 24.3 Å². The van der Waals surface area contributed by atoms with Crippen LogP contribution in [0, 0.1) is 0 Å². The van der Waals surface area contributed by atoms with E-state index >= 15 is 0 Å². The van der Waals surface area contributed by atoms with Crippen molar-refractivity contribution in [3.05, 3.63) is 35.5 Å². The molecule has 0 aliphatic rings. The Hall–Kier alpha value is -3.03. The minimum absolute atomic E-state index is 0.0912. The Morgan fingerprint density at radius 2 is 1.67 bits per heavy atom. The molecule has 0 spiro atoms. The summed E-state index contributed by atoms with van der Waals surface area (Å²) in [5.41, 5.74) is 1.13. The smallest absolute Gasteiger partial charge is 0.254 e. The van der Waals surface area contributed by atoms with E-state index in [1.54, 1.807) is 29.9 Å². The van der Waals surface area contributed by atoms with Gasteiger partial charge in [0.15, 0.2) is 0 Å². The Balaban J connectivity index is 2.21. The fourth-order valence-electron chi connectivity index (χ4n) is 2.87. The number of benzene rings is 1. The van der Waals surface area contributed by atoms with E-state index < -0.39 is 0 Å². The van der Waals surface area contributed by atoms with Crippen LogP contribution < -0.4 is 14.8 Å². The second-order valence-corrected chi connectivity index (χ2v) is 8.46. The first-order valence-corrected chi connectivity index (χ1v) is 9.84. The molecule has 0 atom stereocenters. The lowest BCUT2D eigenvalue weighted by atomic mass is 9.92. The van der Waals surface area contributed by atoms with Crippen LogP contribution in [-0.4, -0.2) is 53.3 Å². The van der Waals surface area contributed by atoms with E-state index in [4.69, 9.17) is 9.47 Å². The topological polar surface area (TPSA) is 85.7 Å². The molecule has 0 aliphatic carbocycles. The summed E-state index contributed by atoms with van der Waals surface area (Å²) in [4.78, 5) is 27.4. The van der Waals surface area contributed by atoms with Crippen molar-refractivity contribution in [3.63, 3.8) is 0 Å². The van der Waals surface area contributed by atoms with Gasteiger partial charge in [0, 0.05) is 36.2 Å². The zero-order valence-corrected chi connectivity index (χ0v) is 19.1. The molecule has 164 valence electrons. The van der Waals surface area contributed by atoms with Gasteiger partial charge in [0.05, 0.1) is 19.9 Å². The van der Waals surface area contributed by atoms with Gasteiger partial charge in [0.1, 0.15) is 23.9 Å². The first kappa shape index (κ1) is 23.3. The number of nitrogens with one attached hydrogen (secondary N) is 1. The van der Waals surface area contributed by atoms with Gasteiger partial charge in [0.2, 0.25) is 5.91 Å². The second-order valence-electron chi connectivity index (χ2n) is 8.46. The molecule has 2 amide bonds. The number of carbonyl (C=O) groups is 2.